The molecule has 4 nitrogen and oxygen atoms in total. The van der Waals surface area contributed by atoms with Gasteiger partial charge in [0.15, 0.2) is 5.75 Å². The maximum absolute atomic E-state index is 11.0. The van der Waals surface area contributed by atoms with Gasteiger partial charge >= 0.3 is 5.69 Å². The number of rotatable bonds is 5. The topological polar surface area (TPSA) is 52.4 Å². The molecule has 0 amide bonds. The molecule has 0 N–H and O–H groups in total. The highest BCUT2D eigenvalue weighted by Crippen LogP contribution is 2.41. The summed E-state index contributed by atoms with van der Waals surface area (Å²) in [5.74, 6) is 0.416. The summed E-state index contributed by atoms with van der Waals surface area (Å²) in [5.41, 5.74) is 1.01. The first kappa shape index (κ1) is 14.3. The number of nitro groups is 1. The average molecular weight is 328 g/mol. The normalized spacial score (nSPS) is 17.4. The molecule has 1 saturated carbocycles. The van der Waals surface area contributed by atoms with E-state index in [9.17, 15) is 10.1 Å². The molecule has 1 fully saturated rings. The summed E-state index contributed by atoms with van der Waals surface area (Å²) in [5, 5.41) is 11.9. The lowest BCUT2D eigenvalue weighted by molar-refractivity contribution is -0.386. The van der Waals surface area contributed by atoms with Crippen molar-refractivity contribution < 1.29 is 9.66 Å². The Labute approximate surface area is 121 Å². The number of benzene rings is 1. The van der Waals surface area contributed by atoms with Gasteiger partial charge in [0.2, 0.25) is 0 Å². The van der Waals surface area contributed by atoms with E-state index in [4.69, 9.17) is 4.74 Å². The minimum absolute atomic E-state index is 0.0581. The monoisotopic (exact) mass is 327 g/mol. The predicted octanol–water partition coefficient (Wildman–Crippen LogP) is 4.24. The lowest BCUT2D eigenvalue weighted by Gasteiger charge is -2.26. The quantitative estimate of drug-likeness (QED) is 0.461. The zero-order valence-corrected chi connectivity index (χ0v) is 12.6. The minimum Gasteiger partial charge on any atom is -0.486 e. The van der Waals surface area contributed by atoms with E-state index >= 15 is 0 Å². The standard InChI is InChI=1S/C14H18BrNO3/c1-11-5-4-6-12(16(17)18)13(11)19-10-14(9-15)7-2-3-8-14/h4-6H,2-3,7-10H2,1H3. The highest BCUT2D eigenvalue weighted by molar-refractivity contribution is 9.09. The molecule has 0 unspecified atom stereocenters. The fourth-order valence-electron chi connectivity index (χ4n) is 2.64. The third-order valence-corrected chi connectivity index (χ3v) is 5.05. The van der Waals surface area contributed by atoms with Crippen LogP contribution in [-0.4, -0.2) is 16.9 Å². The summed E-state index contributed by atoms with van der Waals surface area (Å²) in [6, 6.07) is 5.03. The van der Waals surface area contributed by atoms with Gasteiger partial charge in [-0.05, 0) is 25.3 Å². The molecule has 5 heteroatoms. The molecule has 19 heavy (non-hydrogen) atoms. The molecule has 0 atom stereocenters. The van der Waals surface area contributed by atoms with E-state index in [-0.39, 0.29) is 16.0 Å². The van der Waals surface area contributed by atoms with Crippen molar-refractivity contribution in [2.24, 2.45) is 5.41 Å². The number of para-hydroxylation sites is 1. The van der Waals surface area contributed by atoms with E-state index in [1.807, 2.05) is 13.0 Å². The first-order chi connectivity index (χ1) is 9.08. The van der Waals surface area contributed by atoms with Gasteiger partial charge in [0, 0.05) is 16.8 Å². The first-order valence-corrected chi connectivity index (χ1v) is 7.63. The molecule has 0 aromatic heterocycles. The third-order valence-electron chi connectivity index (χ3n) is 3.86. The van der Waals surface area contributed by atoms with Crippen LogP contribution in [0, 0.1) is 22.5 Å². The minimum atomic E-state index is -0.377. The Morgan fingerprint density at radius 3 is 2.68 bits per heavy atom. The van der Waals surface area contributed by atoms with Gasteiger partial charge in [-0.1, -0.05) is 40.9 Å². The van der Waals surface area contributed by atoms with Crippen molar-refractivity contribution >= 4 is 21.6 Å². The van der Waals surface area contributed by atoms with E-state index in [1.165, 1.54) is 18.9 Å². The molecule has 104 valence electrons. The van der Waals surface area contributed by atoms with Crippen molar-refractivity contribution in [1.82, 2.24) is 0 Å². The molecular weight excluding hydrogens is 310 g/mol. The summed E-state index contributed by atoms with van der Waals surface area (Å²) < 4.78 is 5.84. The van der Waals surface area contributed by atoms with Gasteiger partial charge in [-0.25, -0.2) is 0 Å². The Kier molecular flexibility index (Phi) is 4.45. The van der Waals surface area contributed by atoms with Crippen LogP contribution in [0.15, 0.2) is 18.2 Å². The van der Waals surface area contributed by atoms with Crippen molar-refractivity contribution in [2.75, 3.05) is 11.9 Å². The van der Waals surface area contributed by atoms with Crippen LogP contribution >= 0.6 is 15.9 Å². The molecule has 0 aliphatic heterocycles. The third kappa shape index (κ3) is 3.08. The summed E-state index contributed by atoms with van der Waals surface area (Å²) in [4.78, 5) is 10.7. The maximum Gasteiger partial charge on any atom is 0.311 e. The van der Waals surface area contributed by atoms with Crippen LogP contribution in [0.5, 0.6) is 5.75 Å². The molecular formula is C14H18BrNO3. The predicted molar refractivity (Wildman–Crippen MR) is 78.0 cm³/mol. The van der Waals surface area contributed by atoms with Crippen LogP contribution in [0.2, 0.25) is 0 Å². The van der Waals surface area contributed by atoms with Crippen molar-refractivity contribution in [2.45, 2.75) is 32.6 Å². The van der Waals surface area contributed by atoms with Gasteiger partial charge in [-0.2, -0.15) is 0 Å². The lowest BCUT2D eigenvalue weighted by atomic mass is 9.90. The zero-order valence-electron chi connectivity index (χ0n) is 11.0. The number of hydrogen-bond donors (Lipinski definition) is 0. The van der Waals surface area contributed by atoms with Crippen LogP contribution in [0.4, 0.5) is 5.69 Å². The molecule has 1 aromatic carbocycles. The highest BCUT2D eigenvalue weighted by atomic mass is 79.9. The van der Waals surface area contributed by atoms with Crippen molar-refractivity contribution in [3.05, 3.63) is 33.9 Å². The number of nitro benzene ring substituents is 1. The molecule has 0 radical (unpaired) electrons. The van der Waals surface area contributed by atoms with Crippen molar-refractivity contribution in [1.29, 1.82) is 0 Å². The highest BCUT2D eigenvalue weighted by Gasteiger charge is 2.34. The van der Waals surface area contributed by atoms with Crippen LogP contribution in [0.3, 0.4) is 0 Å². The molecule has 1 aliphatic rings. The van der Waals surface area contributed by atoms with E-state index < -0.39 is 0 Å². The number of alkyl halides is 1. The largest absolute Gasteiger partial charge is 0.486 e. The second-order valence-electron chi connectivity index (χ2n) is 5.31. The maximum atomic E-state index is 11.0. The van der Waals surface area contributed by atoms with Gasteiger partial charge in [-0.3, -0.25) is 10.1 Å². The summed E-state index contributed by atoms with van der Waals surface area (Å²) in [6.07, 6.45) is 4.67. The summed E-state index contributed by atoms with van der Waals surface area (Å²) >= 11 is 3.56. The first-order valence-electron chi connectivity index (χ1n) is 6.51. The van der Waals surface area contributed by atoms with E-state index in [1.54, 1.807) is 6.07 Å². The molecule has 0 bridgehead atoms. The van der Waals surface area contributed by atoms with Crippen LogP contribution in [-0.2, 0) is 0 Å². The fraction of sp³-hybridized carbons (Fsp3) is 0.571. The lowest BCUT2D eigenvalue weighted by Crippen LogP contribution is -2.27. The van der Waals surface area contributed by atoms with E-state index in [0.29, 0.717) is 12.4 Å². The Morgan fingerprint density at radius 2 is 2.11 bits per heavy atom. The zero-order chi connectivity index (χ0) is 13.9. The van der Waals surface area contributed by atoms with Crippen LogP contribution in [0.1, 0.15) is 31.2 Å². The molecule has 0 saturated heterocycles. The van der Waals surface area contributed by atoms with Crippen LogP contribution in [0.25, 0.3) is 0 Å². The second-order valence-corrected chi connectivity index (χ2v) is 5.87. The molecule has 1 aliphatic carbocycles. The van der Waals surface area contributed by atoms with Gasteiger partial charge in [-0.15, -0.1) is 0 Å². The Hall–Kier alpha value is -1.10. The van der Waals surface area contributed by atoms with E-state index in [2.05, 4.69) is 15.9 Å². The van der Waals surface area contributed by atoms with E-state index in [0.717, 1.165) is 23.7 Å². The summed E-state index contributed by atoms with van der Waals surface area (Å²) in [7, 11) is 0. The number of aryl methyl sites for hydroxylation is 1. The molecule has 0 heterocycles. The van der Waals surface area contributed by atoms with Gasteiger partial charge in [0.1, 0.15) is 0 Å². The average Bonchev–Trinajstić information content (AvgIpc) is 2.86. The van der Waals surface area contributed by atoms with Gasteiger partial charge in [0.25, 0.3) is 0 Å². The van der Waals surface area contributed by atoms with Crippen molar-refractivity contribution in [3.8, 4) is 5.75 Å². The Bertz CT molecular complexity index is 470. The number of hydrogen-bond acceptors (Lipinski definition) is 3. The number of ether oxygens (including phenoxy) is 1. The Balaban J connectivity index is 2.17. The van der Waals surface area contributed by atoms with Crippen LogP contribution < -0.4 is 4.74 Å². The summed E-state index contributed by atoms with van der Waals surface area (Å²) in [6.45, 7) is 2.39. The molecule has 0 spiro atoms. The molecule has 1 aromatic rings. The number of nitrogens with zero attached hydrogens (tertiary/aromatic N) is 1. The van der Waals surface area contributed by atoms with Gasteiger partial charge in [0.05, 0.1) is 11.5 Å². The fourth-order valence-corrected chi connectivity index (χ4v) is 3.36. The SMILES string of the molecule is Cc1cccc([N+](=O)[O-])c1OCC1(CBr)CCCC1. The van der Waals surface area contributed by atoms with Crippen molar-refractivity contribution in [3.63, 3.8) is 0 Å². The second kappa shape index (κ2) is 5.90. The van der Waals surface area contributed by atoms with Gasteiger partial charge < -0.3 is 4.74 Å². The number of halogens is 1. The Morgan fingerprint density at radius 1 is 1.42 bits per heavy atom. The molecule has 2 rings (SSSR count). The smallest absolute Gasteiger partial charge is 0.311 e.